The van der Waals surface area contributed by atoms with E-state index in [0.717, 1.165) is 3.92 Å². The van der Waals surface area contributed by atoms with Crippen LogP contribution in [0.2, 0.25) is 0 Å². The van der Waals surface area contributed by atoms with Gasteiger partial charge in [-0.25, -0.2) is 0 Å². The second-order valence-electron chi connectivity index (χ2n) is 10.1. The first kappa shape index (κ1) is 34.3. The number of carbonyl (C=O) groups excluding carboxylic acids is 4. The van der Waals surface area contributed by atoms with Crippen molar-refractivity contribution in [3.05, 3.63) is 0 Å². The summed E-state index contributed by atoms with van der Waals surface area (Å²) in [4.78, 5) is 65.5. The standard InChI is InChI=1S/C23H42N4O7SSe/c1-13(2)11-16(26-21(33)34-22(5,6)7)18(29)23(14(3)4,20(31)32)27(36-17(28)12-24)19(30)15(25)9-10-35-8/h13-16H,9-12,24-25H2,1-8H3,(H,26,33)(H,31,32). The van der Waals surface area contributed by atoms with Crippen molar-refractivity contribution in [2.24, 2.45) is 23.3 Å². The fourth-order valence-corrected chi connectivity index (χ4v) is 6.07. The minimum atomic E-state index is -2.46. The predicted octanol–water partition coefficient (Wildman–Crippen LogP) is 0.988. The molecule has 0 aliphatic rings. The molecule has 13 heteroatoms. The van der Waals surface area contributed by atoms with Crippen LogP contribution in [0.5, 0.6) is 0 Å². The molecule has 0 aromatic carbocycles. The second-order valence-corrected chi connectivity index (χ2v) is 13.2. The number of amides is 2. The van der Waals surface area contributed by atoms with E-state index in [4.69, 9.17) is 16.2 Å². The quantitative estimate of drug-likeness (QED) is 0.157. The third-order valence-electron chi connectivity index (χ3n) is 5.08. The number of hydrogen-bond acceptors (Lipinski definition) is 9. The Hall–Kier alpha value is -1.66. The molecule has 0 spiro atoms. The van der Waals surface area contributed by atoms with Crippen LogP contribution in [0.4, 0.5) is 4.79 Å². The maximum absolute atomic E-state index is 14.1. The zero-order chi connectivity index (χ0) is 28.4. The summed E-state index contributed by atoms with van der Waals surface area (Å²) in [7, 11) is 0. The molecule has 208 valence electrons. The molecule has 0 radical (unpaired) electrons. The van der Waals surface area contributed by atoms with E-state index in [1.807, 2.05) is 6.26 Å². The Kier molecular flexibility index (Phi) is 14.2. The number of ketones is 1. The number of carboxylic acids is 1. The topological polar surface area (TPSA) is 182 Å². The van der Waals surface area contributed by atoms with Crippen molar-refractivity contribution >= 4 is 55.4 Å². The zero-order valence-electron chi connectivity index (χ0n) is 22.5. The summed E-state index contributed by atoms with van der Waals surface area (Å²) < 4.78 is 5.52. The van der Waals surface area contributed by atoms with Crippen LogP contribution in [0, 0.1) is 11.8 Å². The predicted molar refractivity (Wildman–Crippen MR) is 140 cm³/mol. The molecule has 0 aromatic heterocycles. The molecule has 3 atom stereocenters. The number of carboxylic acid groups (broad SMARTS) is 1. The molecule has 36 heavy (non-hydrogen) atoms. The number of alkyl carbamates (subject to hydrolysis) is 1. The Morgan fingerprint density at radius 3 is 2.06 bits per heavy atom. The molecule has 0 saturated heterocycles. The Morgan fingerprint density at radius 2 is 1.67 bits per heavy atom. The monoisotopic (exact) mass is 598 g/mol. The molecule has 2 amide bonds. The molecule has 0 bridgehead atoms. The van der Waals surface area contributed by atoms with Crippen LogP contribution in [0.3, 0.4) is 0 Å². The third kappa shape index (κ3) is 9.66. The van der Waals surface area contributed by atoms with Gasteiger partial charge < -0.3 is 0 Å². The van der Waals surface area contributed by atoms with Gasteiger partial charge >= 0.3 is 225 Å². The number of rotatable bonds is 15. The zero-order valence-corrected chi connectivity index (χ0v) is 25.0. The van der Waals surface area contributed by atoms with E-state index in [1.54, 1.807) is 34.6 Å². The van der Waals surface area contributed by atoms with Gasteiger partial charge in [-0.3, -0.25) is 0 Å². The summed E-state index contributed by atoms with van der Waals surface area (Å²) >= 11 is 0.0145. The van der Waals surface area contributed by atoms with Gasteiger partial charge in [0.2, 0.25) is 0 Å². The molecule has 0 fully saturated rings. The number of ether oxygens (including phenoxy) is 1. The van der Waals surface area contributed by atoms with Crippen LogP contribution in [0.15, 0.2) is 0 Å². The van der Waals surface area contributed by atoms with Crippen molar-refractivity contribution in [2.75, 3.05) is 18.6 Å². The van der Waals surface area contributed by atoms with E-state index in [9.17, 15) is 29.1 Å². The molecule has 3 unspecified atom stereocenters. The van der Waals surface area contributed by atoms with Gasteiger partial charge in [0.1, 0.15) is 0 Å². The number of aliphatic carboxylic acids is 1. The van der Waals surface area contributed by atoms with E-state index >= 15 is 0 Å². The van der Waals surface area contributed by atoms with E-state index in [1.165, 1.54) is 25.6 Å². The van der Waals surface area contributed by atoms with Gasteiger partial charge in [0.25, 0.3) is 0 Å². The fourth-order valence-electron chi connectivity index (χ4n) is 3.43. The van der Waals surface area contributed by atoms with Gasteiger partial charge in [0.15, 0.2) is 0 Å². The van der Waals surface area contributed by atoms with Crippen LogP contribution in [-0.4, -0.2) is 94.4 Å². The molecule has 11 nitrogen and oxygen atoms in total. The average molecular weight is 598 g/mol. The van der Waals surface area contributed by atoms with Gasteiger partial charge in [-0.05, 0) is 0 Å². The molecule has 6 N–H and O–H groups in total. The van der Waals surface area contributed by atoms with Crippen LogP contribution < -0.4 is 16.8 Å². The molecule has 0 saturated carbocycles. The number of thioether (sulfide) groups is 1. The van der Waals surface area contributed by atoms with Crippen molar-refractivity contribution in [1.29, 1.82) is 0 Å². The first-order valence-electron chi connectivity index (χ1n) is 11.7. The second kappa shape index (κ2) is 14.9. The Labute approximate surface area is 224 Å². The Morgan fingerprint density at radius 1 is 1.11 bits per heavy atom. The first-order chi connectivity index (χ1) is 16.4. The van der Waals surface area contributed by atoms with Gasteiger partial charge in [0, 0.05) is 0 Å². The van der Waals surface area contributed by atoms with E-state index in [2.05, 4.69) is 5.32 Å². The number of nitrogens with two attached hydrogens (primary N) is 2. The number of nitrogens with one attached hydrogen (secondary N) is 1. The van der Waals surface area contributed by atoms with E-state index < -0.39 is 79.3 Å². The molecule has 0 aliphatic heterocycles. The molecule has 0 heterocycles. The molecule has 0 aliphatic carbocycles. The Bertz CT molecular complexity index is 804. The Balaban J connectivity index is 6.84. The van der Waals surface area contributed by atoms with Gasteiger partial charge in [-0.15, -0.1) is 0 Å². The van der Waals surface area contributed by atoms with Crippen LogP contribution in [0.1, 0.15) is 61.3 Å². The summed E-state index contributed by atoms with van der Waals surface area (Å²) in [5.74, 6) is -3.94. The molecule has 0 rings (SSSR count). The van der Waals surface area contributed by atoms with Gasteiger partial charge in [-0.1, -0.05) is 0 Å². The van der Waals surface area contributed by atoms with Crippen molar-refractivity contribution in [1.82, 2.24) is 9.23 Å². The first-order valence-corrected chi connectivity index (χ1v) is 14.7. The number of nitrogens with zero attached hydrogens (tertiary/aromatic N) is 1. The van der Waals surface area contributed by atoms with Gasteiger partial charge in [-0.2, -0.15) is 0 Å². The van der Waals surface area contributed by atoms with E-state index in [-0.39, 0.29) is 18.8 Å². The normalized spacial score (nSPS) is 15.1. The number of hydrogen-bond donors (Lipinski definition) is 4. The number of Topliss-reactive ketones (excluding diaryl/α,β-unsaturated/α-hetero) is 1. The van der Waals surface area contributed by atoms with Crippen molar-refractivity contribution in [3.63, 3.8) is 0 Å². The van der Waals surface area contributed by atoms with Crippen molar-refractivity contribution in [2.45, 2.75) is 84.5 Å². The SMILES string of the molecule is CSCCC(N)C(=O)N([Se]C(=O)CN)C(C(=O)O)(C(=O)C(CC(C)C)NC(=O)OC(C)(C)C)C(C)C. The summed E-state index contributed by atoms with van der Waals surface area (Å²) in [6, 6.07) is -2.43. The van der Waals surface area contributed by atoms with Crippen molar-refractivity contribution < 1.29 is 33.8 Å². The van der Waals surface area contributed by atoms with Crippen LogP contribution in [-0.2, 0) is 23.9 Å². The summed E-state index contributed by atoms with van der Waals surface area (Å²) in [5.41, 5.74) is 8.25. The van der Waals surface area contributed by atoms with E-state index in [0.29, 0.717) is 5.75 Å². The van der Waals surface area contributed by atoms with Gasteiger partial charge in [0.05, 0.1) is 0 Å². The number of carbonyl (C=O) groups is 5. The van der Waals surface area contributed by atoms with Crippen LogP contribution >= 0.6 is 11.8 Å². The molecular formula is C23H42N4O7SSe. The maximum atomic E-state index is 14.1. The summed E-state index contributed by atoms with van der Waals surface area (Å²) in [5, 5.41) is 13.0. The van der Waals surface area contributed by atoms with Crippen molar-refractivity contribution in [3.8, 4) is 0 Å². The minimum absolute atomic E-state index is 0.0816. The molecular weight excluding hydrogens is 555 g/mol. The molecule has 0 aromatic rings. The summed E-state index contributed by atoms with van der Waals surface area (Å²) in [6.07, 6.45) is 1.23. The third-order valence-corrected chi connectivity index (χ3v) is 7.87. The summed E-state index contributed by atoms with van der Waals surface area (Å²) in [6.45, 7) is 11.1. The average Bonchev–Trinajstić information content (AvgIpc) is 2.73. The fraction of sp³-hybridized carbons (Fsp3) is 0.783. The van der Waals surface area contributed by atoms with Crippen LogP contribution in [0.25, 0.3) is 0 Å².